The van der Waals surface area contributed by atoms with Crippen molar-refractivity contribution in [3.8, 4) is 5.75 Å². The van der Waals surface area contributed by atoms with Gasteiger partial charge in [0, 0.05) is 18.3 Å². The summed E-state index contributed by atoms with van der Waals surface area (Å²) in [5, 5.41) is 2.98. The fraction of sp³-hybridized carbons (Fsp3) is 0.588. The molecule has 1 aromatic carbocycles. The minimum Gasteiger partial charge on any atom is -0.497 e. The van der Waals surface area contributed by atoms with Crippen LogP contribution in [0.3, 0.4) is 0 Å². The minimum absolute atomic E-state index is 0.0409. The zero-order chi connectivity index (χ0) is 15.4. The van der Waals surface area contributed by atoms with E-state index in [-0.39, 0.29) is 12.1 Å². The summed E-state index contributed by atoms with van der Waals surface area (Å²) in [5.41, 5.74) is 0.762. The third-order valence-corrected chi connectivity index (χ3v) is 4.64. The van der Waals surface area contributed by atoms with Gasteiger partial charge >= 0.3 is 6.03 Å². The highest BCUT2D eigenvalue weighted by molar-refractivity contribution is 5.89. The van der Waals surface area contributed by atoms with Gasteiger partial charge in [-0.3, -0.25) is 0 Å². The predicted octanol–water partition coefficient (Wildman–Crippen LogP) is 3.12. The van der Waals surface area contributed by atoms with Gasteiger partial charge in [-0.2, -0.15) is 0 Å². The summed E-state index contributed by atoms with van der Waals surface area (Å²) in [6.45, 7) is 1.93. The maximum absolute atomic E-state index is 12.6. The molecule has 5 nitrogen and oxygen atoms in total. The first-order valence-electron chi connectivity index (χ1n) is 8.05. The molecule has 2 fully saturated rings. The number of nitrogens with one attached hydrogen (secondary N) is 1. The van der Waals surface area contributed by atoms with Gasteiger partial charge in [0.2, 0.25) is 0 Å². The Kier molecular flexibility index (Phi) is 4.83. The van der Waals surface area contributed by atoms with Crippen molar-refractivity contribution in [1.29, 1.82) is 0 Å². The van der Waals surface area contributed by atoms with Crippen LogP contribution in [0.1, 0.15) is 25.7 Å². The van der Waals surface area contributed by atoms with Crippen LogP contribution in [0, 0.1) is 5.92 Å². The van der Waals surface area contributed by atoms with Crippen molar-refractivity contribution >= 4 is 11.7 Å². The van der Waals surface area contributed by atoms with Gasteiger partial charge in [0.05, 0.1) is 26.4 Å². The van der Waals surface area contributed by atoms with Gasteiger partial charge in [0.1, 0.15) is 5.75 Å². The highest BCUT2D eigenvalue weighted by atomic mass is 16.5. The summed E-state index contributed by atoms with van der Waals surface area (Å²) in [5.74, 6) is 1.50. The van der Waals surface area contributed by atoms with Gasteiger partial charge in [0.15, 0.2) is 0 Å². The van der Waals surface area contributed by atoms with Crippen molar-refractivity contribution in [2.24, 2.45) is 5.92 Å². The van der Waals surface area contributed by atoms with E-state index in [9.17, 15) is 4.79 Å². The van der Waals surface area contributed by atoms with Crippen LogP contribution < -0.4 is 10.1 Å². The molecule has 1 aromatic rings. The van der Waals surface area contributed by atoms with E-state index in [1.54, 1.807) is 7.11 Å². The van der Waals surface area contributed by atoms with Crippen molar-refractivity contribution in [3.05, 3.63) is 24.3 Å². The Bertz CT molecular complexity index is 516. The molecular weight excluding hydrogens is 280 g/mol. The Hall–Kier alpha value is -1.75. The van der Waals surface area contributed by atoms with Crippen LogP contribution in [0.25, 0.3) is 0 Å². The van der Waals surface area contributed by atoms with Crippen molar-refractivity contribution in [2.75, 3.05) is 32.2 Å². The number of morpholine rings is 1. The number of hydrogen-bond acceptors (Lipinski definition) is 3. The number of carbonyl (C=O) groups is 1. The average Bonchev–Trinajstić information content (AvgIpc) is 2.51. The van der Waals surface area contributed by atoms with Crippen LogP contribution in [-0.4, -0.2) is 43.8 Å². The molecular formula is C17H24N2O3. The van der Waals surface area contributed by atoms with Gasteiger partial charge in [-0.25, -0.2) is 4.79 Å². The van der Waals surface area contributed by atoms with E-state index in [4.69, 9.17) is 9.47 Å². The molecule has 0 radical (unpaired) electrons. The molecule has 1 aliphatic heterocycles. The summed E-state index contributed by atoms with van der Waals surface area (Å²) in [6, 6.07) is 7.61. The van der Waals surface area contributed by atoms with Crippen LogP contribution in [0.15, 0.2) is 24.3 Å². The lowest BCUT2D eigenvalue weighted by Gasteiger charge is -2.39. The molecule has 3 rings (SSSR count). The van der Waals surface area contributed by atoms with Gasteiger partial charge in [-0.15, -0.1) is 0 Å². The zero-order valence-corrected chi connectivity index (χ0v) is 13.1. The monoisotopic (exact) mass is 304 g/mol. The Morgan fingerprint density at radius 1 is 1.45 bits per heavy atom. The van der Waals surface area contributed by atoms with Crippen LogP contribution in [0.2, 0.25) is 0 Å². The molecule has 0 bridgehead atoms. The topological polar surface area (TPSA) is 50.8 Å². The highest BCUT2D eigenvalue weighted by Gasteiger charge is 2.31. The number of anilines is 1. The summed E-state index contributed by atoms with van der Waals surface area (Å²) >= 11 is 0. The lowest BCUT2D eigenvalue weighted by atomic mass is 9.80. The first-order valence-corrected chi connectivity index (χ1v) is 8.05. The van der Waals surface area contributed by atoms with Crippen molar-refractivity contribution in [2.45, 2.75) is 31.7 Å². The maximum atomic E-state index is 12.6. The maximum Gasteiger partial charge on any atom is 0.322 e. The normalized spacial score (nSPS) is 22.0. The molecule has 1 saturated carbocycles. The zero-order valence-electron chi connectivity index (χ0n) is 13.1. The molecule has 120 valence electrons. The molecule has 1 N–H and O–H groups in total. The van der Waals surface area contributed by atoms with Gasteiger partial charge < -0.3 is 19.7 Å². The quantitative estimate of drug-likeness (QED) is 0.930. The van der Waals surface area contributed by atoms with E-state index in [2.05, 4.69) is 5.32 Å². The molecule has 2 amide bonds. The summed E-state index contributed by atoms with van der Waals surface area (Å²) in [4.78, 5) is 14.5. The van der Waals surface area contributed by atoms with E-state index in [0.717, 1.165) is 23.8 Å². The number of hydrogen-bond donors (Lipinski definition) is 1. The smallest absolute Gasteiger partial charge is 0.322 e. The number of benzene rings is 1. The molecule has 0 spiro atoms. The lowest BCUT2D eigenvalue weighted by Crippen LogP contribution is -2.51. The lowest BCUT2D eigenvalue weighted by molar-refractivity contribution is 0.00232. The number of rotatable bonds is 4. The van der Waals surface area contributed by atoms with Crippen LogP contribution in [-0.2, 0) is 4.74 Å². The second-order valence-electron chi connectivity index (χ2n) is 6.12. The standard InChI is InChI=1S/C17H24N2O3/c1-21-16-7-3-6-14(11-16)18-17(20)19-8-9-22-12-15(19)10-13-4-2-5-13/h3,6-7,11,13,15H,2,4-5,8-10,12H2,1H3,(H,18,20). The molecule has 5 heteroatoms. The first-order chi connectivity index (χ1) is 10.8. The summed E-state index contributed by atoms with van der Waals surface area (Å²) in [7, 11) is 1.62. The van der Waals surface area contributed by atoms with Crippen molar-refractivity contribution < 1.29 is 14.3 Å². The third kappa shape index (κ3) is 3.53. The van der Waals surface area contributed by atoms with Crippen LogP contribution in [0.4, 0.5) is 10.5 Å². The molecule has 1 atom stereocenters. The molecule has 0 aromatic heterocycles. The first kappa shape index (κ1) is 15.2. The summed E-state index contributed by atoms with van der Waals surface area (Å²) in [6.07, 6.45) is 4.98. The number of ether oxygens (including phenoxy) is 2. The Labute approximate surface area is 131 Å². The SMILES string of the molecule is COc1cccc(NC(=O)N2CCOCC2CC2CCC2)c1. The molecule has 1 saturated heterocycles. The van der Waals surface area contributed by atoms with E-state index >= 15 is 0 Å². The van der Waals surface area contributed by atoms with E-state index < -0.39 is 0 Å². The van der Waals surface area contributed by atoms with Crippen molar-refractivity contribution in [3.63, 3.8) is 0 Å². The average molecular weight is 304 g/mol. The molecule has 1 heterocycles. The third-order valence-electron chi connectivity index (χ3n) is 4.64. The van der Waals surface area contributed by atoms with E-state index in [1.165, 1.54) is 19.3 Å². The van der Waals surface area contributed by atoms with E-state index in [1.807, 2.05) is 29.2 Å². The summed E-state index contributed by atoms with van der Waals surface area (Å²) < 4.78 is 10.8. The van der Waals surface area contributed by atoms with Gasteiger partial charge in [-0.05, 0) is 24.5 Å². The van der Waals surface area contributed by atoms with Gasteiger partial charge in [-0.1, -0.05) is 25.3 Å². The number of carbonyl (C=O) groups excluding carboxylic acids is 1. The van der Waals surface area contributed by atoms with Gasteiger partial charge in [0.25, 0.3) is 0 Å². The van der Waals surface area contributed by atoms with Crippen LogP contribution >= 0.6 is 0 Å². The van der Waals surface area contributed by atoms with Crippen molar-refractivity contribution in [1.82, 2.24) is 4.90 Å². The molecule has 1 aliphatic carbocycles. The molecule has 1 unspecified atom stereocenters. The molecule has 2 aliphatic rings. The fourth-order valence-corrected chi connectivity index (χ4v) is 3.13. The molecule has 22 heavy (non-hydrogen) atoms. The predicted molar refractivity (Wildman–Crippen MR) is 85.3 cm³/mol. The number of urea groups is 1. The van der Waals surface area contributed by atoms with E-state index in [0.29, 0.717) is 19.8 Å². The number of methoxy groups -OCH3 is 1. The minimum atomic E-state index is -0.0409. The second-order valence-corrected chi connectivity index (χ2v) is 6.12. The van der Waals surface area contributed by atoms with Crippen LogP contribution in [0.5, 0.6) is 5.75 Å². The Morgan fingerprint density at radius 2 is 2.32 bits per heavy atom. The number of amides is 2. The fourth-order valence-electron chi connectivity index (χ4n) is 3.13. The highest BCUT2D eigenvalue weighted by Crippen LogP contribution is 2.32. The Morgan fingerprint density at radius 3 is 3.05 bits per heavy atom. The number of nitrogens with zero attached hydrogens (tertiary/aromatic N) is 1. The largest absolute Gasteiger partial charge is 0.497 e. The Balaban J connectivity index is 1.62. The second kappa shape index (κ2) is 7.01.